The van der Waals surface area contributed by atoms with E-state index in [0.29, 0.717) is 21.2 Å². The van der Waals surface area contributed by atoms with E-state index < -0.39 is 16.8 Å². The van der Waals surface area contributed by atoms with E-state index in [1.165, 1.54) is 12.3 Å². The Balaban J connectivity index is 1.94. The predicted octanol–water partition coefficient (Wildman–Crippen LogP) is 4.72. The largest absolute Gasteiger partial charge is 0.464 e. The van der Waals surface area contributed by atoms with Gasteiger partial charge in [-0.2, -0.15) is 0 Å². The van der Waals surface area contributed by atoms with Crippen molar-refractivity contribution >= 4 is 45.2 Å². The lowest BCUT2D eigenvalue weighted by atomic mass is 10.1. The van der Waals surface area contributed by atoms with Gasteiger partial charge in [-0.05, 0) is 26.0 Å². The zero-order valence-corrected chi connectivity index (χ0v) is 15.9. The monoisotopic (exact) mass is 406 g/mol. The van der Waals surface area contributed by atoms with Crippen molar-refractivity contribution in [2.75, 3.05) is 11.9 Å². The average Bonchev–Trinajstić information content (AvgIpc) is 3.33. The van der Waals surface area contributed by atoms with Crippen molar-refractivity contribution in [1.82, 2.24) is 0 Å². The van der Waals surface area contributed by atoms with Crippen LogP contribution in [0.4, 0.5) is 10.7 Å². The standard InChI is InChI=1S/C17H14N2O6S2/c1-3-24-17(21)14-10(12-5-4-6-25-12)8-26-16(14)18-15(20)13-7-11(19(22)23)9(2)27-13/h4-8H,3H2,1-2H3,(H,18,20). The fraction of sp³-hybridized carbons (Fsp3) is 0.176. The zero-order valence-electron chi connectivity index (χ0n) is 14.3. The van der Waals surface area contributed by atoms with E-state index in [0.717, 1.165) is 22.7 Å². The topological polar surface area (TPSA) is 112 Å². The molecule has 0 saturated carbocycles. The van der Waals surface area contributed by atoms with E-state index in [9.17, 15) is 19.7 Å². The molecule has 0 unspecified atom stereocenters. The molecule has 3 aromatic rings. The highest BCUT2D eigenvalue weighted by atomic mass is 32.1. The second-order valence-corrected chi connectivity index (χ2v) is 7.45. The van der Waals surface area contributed by atoms with Crippen LogP contribution >= 0.6 is 22.7 Å². The highest BCUT2D eigenvalue weighted by Gasteiger charge is 2.26. The summed E-state index contributed by atoms with van der Waals surface area (Å²) < 4.78 is 10.4. The Kier molecular flexibility index (Phi) is 5.38. The fourth-order valence-electron chi connectivity index (χ4n) is 2.40. The summed E-state index contributed by atoms with van der Waals surface area (Å²) in [4.78, 5) is 36.0. The number of esters is 1. The maximum Gasteiger partial charge on any atom is 0.341 e. The third kappa shape index (κ3) is 3.76. The molecule has 0 radical (unpaired) electrons. The molecule has 10 heteroatoms. The summed E-state index contributed by atoms with van der Waals surface area (Å²) in [6.07, 6.45) is 1.48. The van der Waals surface area contributed by atoms with Crippen LogP contribution in [-0.2, 0) is 4.74 Å². The summed E-state index contributed by atoms with van der Waals surface area (Å²) in [5.41, 5.74) is 0.582. The van der Waals surface area contributed by atoms with Crippen molar-refractivity contribution in [2.45, 2.75) is 13.8 Å². The molecule has 27 heavy (non-hydrogen) atoms. The molecular formula is C17H14N2O6S2. The molecule has 0 aliphatic rings. The first-order chi connectivity index (χ1) is 12.9. The molecule has 3 heterocycles. The Bertz CT molecular complexity index is 1000. The Morgan fingerprint density at radius 1 is 1.41 bits per heavy atom. The number of carbonyl (C=O) groups excluding carboxylic acids is 2. The van der Waals surface area contributed by atoms with E-state index in [4.69, 9.17) is 9.15 Å². The van der Waals surface area contributed by atoms with Gasteiger partial charge in [0.05, 0.1) is 27.5 Å². The van der Waals surface area contributed by atoms with Crippen molar-refractivity contribution < 1.29 is 23.7 Å². The maximum absolute atomic E-state index is 12.5. The molecule has 140 valence electrons. The number of nitrogens with zero attached hydrogens (tertiary/aromatic N) is 1. The van der Waals surface area contributed by atoms with Gasteiger partial charge in [-0.1, -0.05) is 0 Å². The van der Waals surface area contributed by atoms with Gasteiger partial charge < -0.3 is 14.5 Å². The van der Waals surface area contributed by atoms with Gasteiger partial charge in [0.1, 0.15) is 16.3 Å². The van der Waals surface area contributed by atoms with E-state index in [1.54, 1.807) is 31.4 Å². The SMILES string of the molecule is CCOC(=O)c1c(-c2ccco2)csc1NC(=O)c1cc([N+](=O)[O-])c(C)s1. The van der Waals surface area contributed by atoms with Crippen molar-refractivity contribution in [3.05, 3.63) is 55.3 Å². The van der Waals surface area contributed by atoms with Crippen molar-refractivity contribution in [3.8, 4) is 11.3 Å². The number of carbonyl (C=O) groups is 2. The van der Waals surface area contributed by atoms with Crippen LogP contribution < -0.4 is 5.32 Å². The van der Waals surface area contributed by atoms with Gasteiger partial charge in [0.15, 0.2) is 0 Å². The van der Waals surface area contributed by atoms with Crippen molar-refractivity contribution in [2.24, 2.45) is 0 Å². The summed E-state index contributed by atoms with van der Waals surface area (Å²) in [5.74, 6) is -0.652. The van der Waals surface area contributed by atoms with Gasteiger partial charge in [0.25, 0.3) is 11.6 Å². The molecule has 0 spiro atoms. The molecular weight excluding hydrogens is 392 g/mol. The highest BCUT2D eigenvalue weighted by Crippen LogP contribution is 2.37. The lowest BCUT2D eigenvalue weighted by Crippen LogP contribution is -2.13. The molecule has 0 aliphatic heterocycles. The molecule has 1 N–H and O–H groups in total. The molecule has 1 amide bonds. The van der Waals surface area contributed by atoms with Gasteiger partial charge in [0.2, 0.25) is 0 Å². The van der Waals surface area contributed by atoms with Crippen LogP contribution in [0.25, 0.3) is 11.3 Å². The number of aryl methyl sites for hydroxylation is 1. The van der Waals surface area contributed by atoms with E-state index in [1.807, 2.05) is 0 Å². The number of ether oxygens (including phenoxy) is 1. The van der Waals surface area contributed by atoms with Crippen LogP contribution in [0.15, 0.2) is 34.3 Å². The number of furan rings is 1. The van der Waals surface area contributed by atoms with Crippen LogP contribution in [0.3, 0.4) is 0 Å². The number of anilines is 1. The summed E-state index contributed by atoms with van der Waals surface area (Å²) in [6, 6.07) is 4.61. The fourth-order valence-corrected chi connectivity index (χ4v) is 4.21. The molecule has 3 rings (SSSR count). The molecule has 8 nitrogen and oxygen atoms in total. The zero-order chi connectivity index (χ0) is 19.6. The Hall–Kier alpha value is -2.98. The van der Waals surface area contributed by atoms with Crippen molar-refractivity contribution in [3.63, 3.8) is 0 Å². The predicted molar refractivity (Wildman–Crippen MR) is 102 cm³/mol. The lowest BCUT2D eigenvalue weighted by Gasteiger charge is -2.07. The maximum atomic E-state index is 12.5. The second kappa shape index (κ2) is 7.72. The molecule has 0 saturated heterocycles. The van der Waals surface area contributed by atoms with Gasteiger partial charge in [-0.3, -0.25) is 14.9 Å². The number of nitro groups is 1. The van der Waals surface area contributed by atoms with Gasteiger partial charge in [-0.25, -0.2) is 4.79 Å². The van der Waals surface area contributed by atoms with Crippen LogP contribution in [0.1, 0.15) is 31.8 Å². The molecule has 0 bridgehead atoms. The summed E-state index contributed by atoms with van der Waals surface area (Å²) in [7, 11) is 0. The summed E-state index contributed by atoms with van der Waals surface area (Å²) in [6.45, 7) is 3.43. The number of nitrogens with one attached hydrogen (secondary N) is 1. The third-order valence-corrected chi connectivity index (χ3v) is 5.53. The molecule has 3 aromatic heterocycles. The number of rotatable bonds is 6. The first-order valence-electron chi connectivity index (χ1n) is 7.81. The Morgan fingerprint density at radius 2 is 2.19 bits per heavy atom. The number of thiophene rings is 2. The first-order valence-corrected chi connectivity index (χ1v) is 9.50. The lowest BCUT2D eigenvalue weighted by molar-refractivity contribution is -0.385. The smallest absolute Gasteiger partial charge is 0.341 e. The number of hydrogen-bond acceptors (Lipinski definition) is 8. The second-order valence-electron chi connectivity index (χ2n) is 5.31. The first kappa shape index (κ1) is 18.8. The minimum absolute atomic E-state index is 0.113. The van der Waals surface area contributed by atoms with Gasteiger partial charge in [-0.15, -0.1) is 22.7 Å². The van der Waals surface area contributed by atoms with Crippen LogP contribution in [-0.4, -0.2) is 23.4 Å². The van der Waals surface area contributed by atoms with Crippen molar-refractivity contribution in [1.29, 1.82) is 0 Å². The quantitative estimate of drug-likeness (QED) is 0.360. The number of amides is 1. The third-order valence-electron chi connectivity index (χ3n) is 3.60. The van der Waals surface area contributed by atoms with E-state index >= 15 is 0 Å². The Labute approximate surface area is 161 Å². The summed E-state index contributed by atoms with van der Waals surface area (Å²) >= 11 is 2.16. The highest BCUT2D eigenvalue weighted by molar-refractivity contribution is 7.16. The molecule has 0 fully saturated rings. The summed E-state index contributed by atoms with van der Waals surface area (Å²) in [5, 5.41) is 15.6. The Morgan fingerprint density at radius 3 is 2.78 bits per heavy atom. The molecule has 0 aliphatic carbocycles. The minimum Gasteiger partial charge on any atom is -0.464 e. The minimum atomic E-state index is -0.589. The average molecular weight is 406 g/mol. The van der Waals surface area contributed by atoms with Crippen LogP contribution in [0, 0.1) is 17.0 Å². The normalized spacial score (nSPS) is 10.6. The van der Waals surface area contributed by atoms with Crippen LogP contribution in [0.5, 0.6) is 0 Å². The molecule has 0 atom stereocenters. The van der Waals surface area contributed by atoms with Gasteiger partial charge >= 0.3 is 5.97 Å². The number of hydrogen-bond donors (Lipinski definition) is 1. The van der Waals surface area contributed by atoms with Gasteiger partial charge in [0, 0.05) is 17.0 Å². The molecule has 0 aromatic carbocycles. The van der Waals surface area contributed by atoms with Crippen LogP contribution in [0.2, 0.25) is 0 Å². The van der Waals surface area contributed by atoms with E-state index in [2.05, 4.69) is 5.32 Å². The van der Waals surface area contributed by atoms with E-state index in [-0.39, 0.29) is 22.7 Å².